The highest BCUT2D eigenvalue weighted by molar-refractivity contribution is 7.11. The Morgan fingerprint density at radius 2 is 2.21 bits per heavy atom. The zero-order valence-corrected chi connectivity index (χ0v) is 11.8. The summed E-state index contributed by atoms with van der Waals surface area (Å²) in [5.41, 5.74) is 2.10. The molecule has 5 heteroatoms. The van der Waals surface area contributed by atoms with Gasteiger partial charge in [0, 0.05) is 17.6 Å². The van der Waals surface area contributed by atoms with Crippen molar-refractivity contribution in [3.05, 3.63) is 46.2 Å². The van der Waals surface area contributed by atoms with Crippen molar-refractivity contribution < 1.29 is 0 Å². The van der Waals surface area contributed by atoms with Crippen LogP contribution in [0.1, 0.15) is 28.7 Å². The zero-order valence-electron chi connectivity index (χ0n) is 11.0. The van der Waals surface area contributed by atoms with Crippen molar-refractivity contribution >= 4 is 22.4 Å². The SMILES string of the molecule is Cc1ncc(CNC(C)c2nc3ccccc3[nH]2)s1. The lowest BCUT2D eigenvalue weighted by Crippen LogP contribution is -2.18. The molecule has 98 valence electrons. The Kier molecular flexibility index (Phi) is 3.31. The van der Waals surface area contributed by atoms with Gasteiger partial charge in [0.1, 0.15) is 5.82 Å². The number of aryl methyl sites for hydroxylation is 1. The van der Waals surface area contributed by atoms with Crippen molar-refractivity contribution in [1.82, 2.24) is 20.3 Å². The molecule has 0 saturated carbocycles. The van der Waals surface area contributed by atoms with E-state index in [4.69, 9.17) is 0 Å². The smallest absolute Gasteiger partial charge is 0.124 e. The van der Waals surface area contributed by atoms with Gasteiger partial charge in [-0.1, -0.05) is 12.1 Å². The van der Waals surface area contributed by atoms with Gasteiger partial charge < -0.3 is 10.3 Å². The second kappa shape index (κ2) is 5.11. The van der Waals surface area contributed by atoms with Gasteiger partial charge >= 0.3 is 0 Å². The Morgan fingerprint density at radius 1 is 1.37 bits per heavy atom. The van der Waals surface area contributed by atoms with Gasteiger partial charge in [-0.2, -0.15) is 0 Å². The van der Waals surface area contributed by atoms with Crippen LogP contribution in [0.5, 0.6) is 0 Å². The molecule has 2 aromatic heterocycles. The number of nitrogens with zero attached hydrogens (tertiary/aromatic N) is 2. The molecule has 1 aromatic carbocycles. The third-order valence-electron chi connectivity index (χ3n) is 3.07. The fourth-order valence-corrected chi connectivity index (χ4v) is 2.76. The first kappa shape index (κ1) is 12.3. The summed E-state index contributed by atoms with van der Waals surface area (Å²) in [7, 11) is 0. The van der Waals surface area contributed by atoms with Crippen LogP contribution in [-0.4, -0.2) is 15.0 Å². The molecule has 2 N–H and O–H groups in total. The number of thiazole rings is 1. The molecular formula is C14H16N4S. The first-order chi connectivity index (χ1) is 9.22. The first-order valence-electron chi connectivity index (χ1n) is 6.32. The van der Waals surface area contributed by atoms with Crippen LogP contribution in [0, 0.1) is 6.92 Å². The van der Waals surface area contributed by atoms with Gasteiger partial charge in [0.15, 0.2) is 0 Å². The van der Waals surface area contributed by atoms with Gasteiger partial charge in [0.2, 0.25) is 0 Å². The highest BCUT2D eigenvalue weighted by Gasteiger charge is 2.10. The molecule has 0 fully saturated rings. The van der Waals surface area contributed by atoms with Crippen LogP contribution in [0.25, 0.3) is 11.0 Å². The number of aromatic nitrogens is 3. The third kappa shape index (κ3) is 2.67. The number of aromatic amines is 1. The maximum atomic E-state index is 4.60. The van der Waals surface area contributed by atoms with Gasteiger partial charge in [-0.05, 0) is 26.0 Å². The van der Waals surface area contributed by atoms with Crippen LogP contribution in [0.3, 0.4) is 0 Å². The number of hydrogen-bond donors (Lipinski definition) is 2. The molecule has 19 heavy (non-hydrogen) atoms. The maximum Gasteiger partial charge on any atom is 0.124 e. The largest absolute Gasteiger partial charge is 0.341 e. The molecule has 0 aliphatic carbocycles. The summed E-state index contributed by atoms with van der Waals surface area (Å²) < 4.78 is 0. The van der Waals surface area contributed by atoms with Crippen molar-refractivity contribution in [3.8, 4) is 0 Å². The molecular weight excluding hydrogens is 256 g/mol. The summed E-state index contributed by atoms with van der Waals surface area (Å²) >= 11 is 1.73. The molecule has 0 saturated heterocycles. The summed E-state index contributed by atoms with van der Waals surface area (Å²) in [4.78, 5) is 13.5. The predicted octanol–water partition coefficient (Wildman–Crippen LogP) is 3.18. The summed E-state index contributed by atoms with van der Waals surface area (Å²) in [6, 6.07) is 8.28. The number of nitrogens with one attached hydrogen (secondary N) is 2. The van der Waals surface area contributed by atoms with Gasteiger partial charge in [-0.25, -0.2) is 9.97 Å². The summed E-state index contributed by atoms with van der Waals surface area (Å²) in [5.74, 6) is 0.974. The van der Waals surface area contributed by atoms with Crippen LogP contribution >= 0.6 is 11.3 Å². The van der Waals surface area contributed by atoms with Crippen LogP contribution < -0.4 is 5.32 Å². The number of para-hydroxylation sites is 2. The second-order valence-corrected chi connectivity index (χ2v) is 5.91. The Balaban J connectivity index is 1.71. The molecule has 0 spiro atoms. The van der Waals surface area contributed by atoms with Gasteiger partial charge in [0.05, 0.1) is 22.1 Å². The first-order valence-corrected chi connectivity index (χ1v) is 7.13. The number of hydrogen-bond acceptors (Lipinski definition) is 4. The van der Waals surface area contributed by atoms with E-state index in [0.29, 0.717) is 0 Å². The number of imidazole rings is 1. The van der Waals surface area contributed by atoms with Crippen molar-refractivity contribution in [2.75, 3.05) is 0 Å². The third-order valence-corrected chi connectivity index (χ3v) is 3.98. The van der Waals surface area contributed by atoms with E-state index in [1.54, 1.807) is 11.3 Å². The van der Waals surface area contributed by atoms with E-state index >= 15 is 0 Å². The molecule has 4 nitrogen and oxygen atoms in total. The van der Waals surface area contributed by atoms with E-state index in [1.165, 1.54) is 4.88 Å². The lowest BCUT2D eigenvalue weighted by Gasteiger charge is -2.09. The van der Waals surface area contributed by atoms with Crippen molar-refractivity contribution in [2.45, 2.75) is 26.4 Å². The molecule has 1 unspecified atom stereocenters. The minimum absolute atomic E-state index is 0.190. The Morgan fingerprint density at radius 3 is 2.95 bits per heavy atom. The van der Waals surface area contributed by atoms with Gasteiger partial charge in [-0.3, -0.25) is 0 Å². The summed E-state index contributed by atoms with van der Waals surface area (Å²) in [5, 5.41) is 4.57. The molecule has 3 aromatic rings. The second-order valence-electron chi connectivity index (χ2n) is 4.59. The molecule has 0 aliphatic rings. The van der Waals surface area contributed by atoms with E-state index in [-0.39, 0.29) is 6.04 Å². The molecule has 0 aliphatic heterocycles. The van der Waals surface area contributed by atoms with Crippen LogP contribution in [0.2, 0.25) is 0 Å². The lowest BCUT2D eigenvalue weighted by molar-refractivity contribution is 0.555. The topological polar surface area (TPSA) is 53.6 Å². The Hall–Kier alpha value is -1.72. The fraction of sp³-hybridized carbons (Fsp3) is 0.286. The van der Waals surface area contributed by atoms with Gasteiger partial charge in [0.25, 0.3) is 0 Å². The van der Waals surface area contributed by atoms with Crippen LogP contribution in [-0.2, 0) is 6.54 Å². The monoisotopic (exact) mass is 272 g/mol. The normalized spacial score (nSPS) is 12.9. The van der Waals surface area contributed by atoms with Crippen molar-refractivity contribution in [3.63, 3.8) is 0 Å². The number of rotatable bonds is 4. The zero-order chi connectivity index (χ0) is 13.2. The Bertz CT molecular complexity index is 652. The van der Waals surface area contributed by atoms with Gasteiger partial charge in [-0.15, -0.1) is 11.3 Å². The van der Waals surface area contributed by atoms with E-state index < -0.39 is 0 Å². The predicted molar refractivity (Wildman–Crippen MR) is 78.2 cm³/mol. The molecule has 0 amide bonds. The molecule has 1 atom stereocenters. The van der Waals surface area contributed by atoms with Crippen molar-refractivity contribution in [1.29, 1.82) is 0 Å². The highest BCUT2D eigenvalue weighted by Crippen LogP contribution is 2.17. The molecule has 2 heterocycles. The minimum Gasteiger partial charge on any atom is -0.341 e. The lowest BCUT2D eigenvalue weighted by atomic mass is 10.3. The van der Waals surface area contributed by atoms with E-state index in [9.17, 15) is 0 Å². The quantitative estimate of drug-likeness (QED) is 0.767. The number of H-pyrrole nitrogens is 1. The standard InChI is InChI=1S/C14H16N4S/c1-9(15-7-11-8-16-10(2)19-11)14-17-12-5-3-4-6-13(12)18-14/h3-6,8-9,15H,7H2,1-2H3,(H,17,18). The average Bonchev–Trinajstić information content (AvgIpc) is 3.01. The number of fused-ring (bicyclic) bond motifs is 1. The Labute approximate surface area is 115 Å². The van der Waals surface area contributed by atoms with Crippen LogP contribution in [0.15, 0.2) is 30.5 Å². The fourth-order valence-electron chi connectivity index (χ4n) is 2.02. The number of benzene rings is 1. The van der Waals surface area contributed by atoms with E-state index in [0.717, 1.165) is 28.4 Å². The average molecular weight is 272 g/mol. The molecule has 0 bridgehead atoms. The highest BCUT2D eigenvalue weighted by atomic mass is 32.1. The minimum atomic E-state index is 0.190. The van der Waals surface area contributed by atoms with Crippen molar-refractivity contribution in [2.24, 2.45) is 0 Å². The summed E-state index contributed by atoms with van der Waals surface area (Å²) in [6.07, 6.45) is 1.93. The maximum absolute atomic E-state index is 4.60. The van der Waals surface area contributed by atoms with E-state index in [1.807, 2.05) is 37.4 Å². The summed E-state index contributed by atoms with van der Waals surface area (Å²) in [6.45, 7) is 4.96. The van der Waals surface area contributed by atoms with Crippen LogP contribution in [0.4, 0.5) is 0 Å². The molecule has 3 rings (SSSR count). The molecule has 0 radical (unpaired) electrons. The van der Waals surface area contributed by atoms with E-state index in [2.05, 4.69) is 27.2 Å².